The van der Waals surface area contributed by atoms with Gasteiger partial charge in [0.15, 0.2) is 0 Å². The lowest BCUT2D eigenvalue weighted by atomic mass is 10.2. The van der Waals surface area contributed by atoms with Crippen molar-refractivity contribution in [2.75, 3.05) is 13.1 Å². The molecule has 0 aromatic rings. The summed E-state index contributed by atoms with van der Waals surface area (Å²) in [6, 6.07) is -0.858. The molecule has 2 amide bonds. The van der Waals surface area contributed by atoms with Gasteiger partial charge in [0.2, 0.25) is 0 Å². The summed E-state index contributed by atoms with van der Waals surface area (Å²) < 4.78 is 61.2. The first-order valence-corrected chi connectivity index (χ1v) is 5.78. The van der Waals surface area contributed by atoms with Gasteiger partial charge in [0, 0.05) is 6.54 Å². The summed E-state index contributed by atoms with van der Waals surface area (Å²) >= 11 is 0. The van der Waals surface area contributed by atoms with E-state index in [2.05, 4.69) is 4.18 Å². The maximum absolute atomic E-state index is 12.0. The van der Waals surface area contributed by atoms with Gasteiger partial charge >= 0.3 is 21.7 Å². The van der Waals surface area contributed by atoms with E-state index in [9.17, 15) is 26.4 Å². The number of primary amides is 1. The van der Waals surface area contributed by atoms with Crippen LogP contribution in [0.1, 0.15) is 6.42 Å². The van der Waals surface area contributed by atoms with E-state index in [1.807, 2.05) is 0 Å². The second-order valence-corrected chi connectivity index (χ2v) is 4.74. The predicted octanol–water partition coefficient (Wildman–Crippen LogP) is 0.521. The molecule has 6 nitrogen and oxygen atoms in total. The highest BCUT2D eigenvalue weighted by Crippen LogP contribution is 2.27. The van der Waals surface area contributed by atoms with Crippen molar-refractivity contribution in [3.8, 4) is 0 Å². The highest BCUT2D eigenvalue weighted by atomic mass is 32.2. The molecule has 0 aromatic heterocycles. The van der Waals surface area contributed by atoms with Crippen molar-refractivity contribution in [2.24, 2.45) is 5.73 Å². The molecule has 0 atom stereocenters. The van der Waals surface area contributed by atoms with E-state index in [-0.39, 0.29) is 13.0 Å². The Labute approximate surface area is 94.9 Å². The maximum atomic E-state index is 12.0. The molecule has 17 heavy (non-hydrogen) atoms. The smallest absolute Gasteiger partial charge is 0.379 e. The van der Waals surface area contributed by atoms with Crippen molar-refractivity contribution < 1.29 is 30.6 Å². The van der Waals surface area contributed by atoms with E-state index in [1.165, 1.54) is 6.08 Å². The first-order chi connectivity index (χ1) is 7.63. The highest BCUT2D eigenvalue weighted by molar-refractivity contribution is 7.87. The van der Waals surface area contributed by atoms with Gasteiger partial charge in [-0.3, -0.25) is 0 Å². The van der Waals surface area contributed by atoms with Crippen LogP contribution in [0.15, 0.2) is 11.8 Å². The van der Waals surface area contributed by atoms with Crippen LogP contribution in [-0.4, -0.2) is 37.9 Å². The first kappa shape index (κ1) is 13.6. The van der Waals surface area contributed by atoms with Gasteiger partial charge in [0.05, 0.1) is 6.54 Å². The fourth-order valence-corrected chi connectivity index (χ4v) is 1.65. The van der Waals surface area contributed by atoms with Gasteiger partial charge in [-0.15, -0.1) is 0 Å². The monoisotopic (exact) mass is 274 g/mol. The van der Waals surface area contributed by atoms with Gasteiger partial charge in [-0.05, 0) is 12.5 Å². The van der Waals surface area contributed by atoms with E-state index in [4.69, 9.17) is 5.73 Å². The van der Waals surface area contributed by atoms with Gasteiger partial charge in [-0.25, -0.2) is 4.79 Å². The Hall–Kier alpha value is -1.45. The number of halogens is 3. The minimum atomic E-state index is -5.69. The Morgan fingerprint density at radius 3 is 2.53 bits per heavy atom. The lowest BCUT2D eigenvalue weighted by Crippen LogP contribution is -2.40. The number of hydrogen-bond acceptors (Lipinski definition) is 4. The SMILES string of the molecule is NC(=O)N1CCC=C(OS(=O)(=O)C(F)(F)F)C1. The number of urea groups is 1. The summed E-state index contributed by atoms with van der Waals surface area (Å²) in [7, 11) is -5.69. The summed E-state index contributed by atoms with van der Waals surface area (Å²) in [6.45, 7) is -0.196. The Balaban J connectivity index is 2.77. The molecule has 98 valence electrons. The van der Waals surface area contributed by atoms with Gasteiger partial charge in [-0.2, -0.15) is 21.6 Å². The normalized spacial score (nSPS) is 17.6. The molecule has 0 saturated heterocycles. The van der Waals surface area contributed by atoms with Crippen molar-refractivity contribution >= 4 is 16.1 Å². The second kappa shape index (κ2) is 4.43. The van der Waals surface area contributed by atoms with Gasteiger partial charge in [-0.1, -0.05) is 0 Å². The molecule has 0 aromatic carbocycles. The molecule has 1 rings (SSSR count). The maximum Gasteiger partial charge on any atom is 0.534 e. The molecule has 0 saturated carbocycles. The number of hydrogen-bond donors (Lipinski definition) is 1. The molecule has 0 fully saturated rings. The van der Waals surface area contributed by atoms with Crippen LogP contribution in [0.4, 0.5) is 18.0 Å². The van der Waals surface area contributed by atoms with E-state index in [0.29, 0.717) is 0 Å². The summed E-state index contributed by atoms with van der Waals surface area (Å²) in [5, 5.41) is 0. The van der Waals surface area contributed by atoms with Gasteiger partial charge in [0.25, 0.3) is 0 Å². The molecule has 1 aliphatic rings. The zero-order valence-electron chi connectivity index (χ0n) is 8.40. The fraction of sp³-hybridized carbons (Fsp3) is 0.571. The van der Waals surface area contributed by atoms with Gasteiger partial charge in [0.1, 0.15) is 5.76 Å². The van der Waals surface area contributed by atoms with Crippen LogP contribution in [0.2, 0.25) is 0 Å². The second-order valence-electron chi connectivity index (χ2n) is 3.20. The third-order valence-corrected chi connectivity index (χ3v) is 2.93. The molecule has 10 heteroatoms. The first-order valence-electron chi connectivity index (χ1n) is 4.37. The summed E-state index contributed by atoms with van der Waals surface area (Å²) in [6.07, 6.45) is 1.34. The quantitative estimate of drug-likeness (QED) is 0.587. The van der Waals surface area contributed by atoms with Crippen LogP contribution in [0.25, 0.3) is 0 Å². The van der Waals surface area contributed by atoms with Crippen LogP contribution in [0.5, 0.6) is 0 Å². The largest absolute Gasteiger partial charge is 0.534 e. The summed E-state index contributed by atoms with van der Waals surface area (Å²) in [5.41, 5.74) is -0.586. The van der Waals surface area contributed by atoms with Crippen molar-refractivity contribution in [2.45, 2.75) is 11.9 Å². The topological polar surface area (TPSA) is 89.7 Å². The van der Waals surface area contributed by atoms with Crippen LogP contribution < -0.4 is 5.73 Å². The number of nitrogens with two attached hydrogens (primary N) is 1. The van der Waals surface area contributed by atoms with Crippen molar-refractivity contribution in [1.82, 2.24) is 4.90 Å². The van der Waals surface area contributed by atoms with Gasteiger partial charge < -0.3 is 14.8 Å². The van der Waals surface area contributed by atoms with Crippen LogP contribution in [-0.2, 0) is 14.3 Å². The average molecular weight is 274 g/mol. The summed E-state index contributed by atoms with van der Waals surface area (Å²) in [5.74, 6) is -0.465. The lowest BCUT2D eigenvalue weighted by molar-refractivity contribution is -0.0525. The molecular weight excluding hydrogens is 265 g/mol. The lowest BCUT2D eigenvalue weighted by Gasteiger charge is -2.25. The number of alkyl halides is 3. The molecule has 1 heterocycles. The molecule has 0 spiro atoms. The Kier molecular flexibility index (Phi) is 3.55. The Bertz CT molecular complexity index is 443. The number of nitrogens with zero attached hydrogens (tertiary/aromatic N) is 1. The van der Waals surface area contributed by atoms with Crippen LogP contribution >= 0.6 is 0 Å². The molecule has 0 bridgehead atoms. The zero-order chi connectivity index (χ0) is 13.3. The highest BCUT2D eigenvalue weighted by Gasteiger charge is 2.49. The number of carbonyl (C=O) groups excluding carboxylic acids is 1. The van der Waals surface area contributed by atoms with Crippen LogP contribution in [0, 0.1) is 0 Å². The third-order valence-electron chi connectivity index (χ3n) is 1.93. The zero-order valence-corrected chi connectivity index (χ0v) is 9.21. The van der Waals surface area contributed by atoms with Crippen molar-refractivity contribution in [1.29, 1.82) is 0 Å². The predicted molar refractivity (Wildman–Crippen MR) is 49.9 cm³/mol. The Morgan fingerprint density at radius 1 is 1.47 bits per heavy atom. The minimum absolute atomic E-state index is 0.172. The van der Waals surface area contributed by atoms with Crippen molar-refractivity contribution in [3.63, 3.8) is 0 Å². The molecule has 0 aliphatic carbocycles. The van der Waals surface area contributed by atoms with E-state index >= 15 is 0 Å². The summed E-state index contributed by atoms with van der Waals surface area (Å²) in [4.78, 5) is 11.7. The third kappa shape index (κ3) is 3.25. The van der Waals surface area contributed by atoms with E-state index in [1.54, 1.807) is 0 Å². The average Bonchev–Trinajstić information content (AvgIpc) is 2.15. The number of amides is 2. The van der Waals surface area contributed by atoms with E-state index < -0.39 is 34.0 Å². The molecule has 1 aliphatic heterocycles. The minimum Gasteiger partial charge on any atom is -0.379 e. The molecule has 0 unspecified atom stereocenters. The molecule has 0 radical (unpaired) electrons. The Morgan fingerprint density at radius 2 is 2.06 bits per heavy atom. The molecular formula is C7H9F3N2O4S. The standard InChI is InChI=1S/C7H9F3N2O4S/c8-7(9,10)17(14,15)16-5-2-1-3-12(4-5)6(11)13/h2H,1,3-4H2,(H2,11,13). The fourth-order valence-electron chi connectivity index (χ4n) is 1.15. The van der Waals surface area contributed by atoms with Crippen LogP contribution in [0.3, 0.4) is 0 Å². The molecule has 2 N–H and O–H groups in total. The van der Waals surface area contributed by atoms with Crippen molar-refractivity contribution in [3.05, 3.63) is 11.8 Å². The number of rotatable bonds is 2. The van der Waals surface area contributed by atoms with E-state index in [0.717, 1.165) is 4.90 Å². The number of carbonyl (C=O) groups is 1.